The Bertz CT molecular complexity index is 2580. The molecule has 2 aliphatic heterocycles. The van der Waals surface area contributed by atoms with Crippen molar-refractivity contribution in [1.29, 1.82) is 0 Å². The molecule has 6 aromatic rings. The standard InChI is InChI=1S/C28H28Cl2F3NO3.C17H19Cl2NO.C11H11F3O3/c1-34(18-25(20-5-9-22(29)10-6-20)21-7-11-23(30)12-8-21)15-16-36-24-13-3-19(4-14-24)17-26-27(35-2,37-26)28(31,32)33;1-20(10-11-21)12-17(13-2-6-15(18)7-3-13)14-4-8-16(19)9-5-14;1-16-10(11(12,13)14)9(17-10)6-7-2-4-8(15)5-3-7/h3-14,25-26H,15-18H2,1-2H3;2-9,17,21H,10-12H2,1H3;2-5,9,15H,6H2,1H3. The summed E-state index contributed by atoms with van der Waals surface area (Å²) >= 11 is 24.1. The smallest absolute Gasteiger partial charge is 0.446 e. The lowest BCUT2D eigenvalue weighted by Crippen LogP contribution is -2.37. The highest BCUT2D eigenvalue weighted by atomic mass is 35.5. The lowest BCUT2D eigenvalue weighted by Gasteiger charge is -2.25. The van der Waals surface area contributed by atoms with Gasteiger partial charge in [0, 0.05) is 85.2 Å². The highest BCUT2D eigenvalue weighted by Crippen LogP contribution is 2.52. The van der Waals surface area contributed by atoms with Crippen molar-refractivity contribution >= 4 is 46.4 Å². The molecule has 75 heavy (non-hydrogen) atoms. The number of hydrogen-bond acceptors (Lipinski definition) is 9. The van der Waals surface area contributed by atoms with E-state index in [1.165, 1.54) is 23.3 Å². The Balaban J connectivity index is 0.000000202. The fraction of sp³-hybridized carbons (Fsp3) is 0.357. The Morgan fingerprint density at radius 3 is 1.13 bits per heavy atom. The molecule has 6 aromatic carbocycles. The topological polar surface area (TPSA) is 99.7 Å². The van der Waals surface area contributed by atoms with Crippen LogP contribution < -0.4 is 4.74 Å². The molecule has 9 nitrogen and oxygen atoms in total. The number of aromatic hydroxyl groups is 1. The zero-order valence-corrected chi connectivity index (χ0v) is 44.5. The highest BCUT2D eigenvalue weighted by molar-refractivity contribution is 6.31. The molecule has 404 valence electrons. The number of methoxy groups -OCH3 is 2. The second-order valence-corrected chi connectivity index (χ2v) is 19.8. The zero-order chi connectivity index (χ0) is 54.6. The molecule has 0 aliphatic carbocycles. The lowest BCUT2D eigenvalue weighted by atomic mass is 9.91. The zero-order valence-electron chi connectivity index (χ0n) is 41.4. The summed E-state index contributed by atoms with van der Waals surface area (Å²) in [7, 11) is 6.03. The fourth-order valence-electron chi connectivity index (χ4n) is 8.46. The summed E-state index contributed by atoms with van der Waals surface area (Å²) in [4.78, 5) is 4.31. The molecule has 2 fully saturated rings. The first-order chi connectivity index (χ1) is 35.6. The van der Waals surface area contributed by atoms with Crippen LogP contribution in [0.1, 0.15) is 45.2 Å². The van der Waals surface area contributed by atoms with E-state index < -0.39 is 36.1 Å². The number of epoxide rings is 2. The van der Waals surface area contributed by atoms with E-state index in [1.54, 1.807) is 36.4 Å². The summed E-state index contributed by atoms with van der Waals surface area (Å²) in [6.45, 7) is 3.52. The average molecular weight is 1130 g/mol. The molecule has 0 radical (unpaired) electrons. The minimum atomic E-state index is -4.57. The molecule has 0 amide bonds. The van der Waals surface area contributed by atoms with Gasteiger partial charge in [0.2, 0.25) is 0 Å². The monoisotopic (exact) mass is 1120 g/mol. The molecule has 19 heteroatoms. The van der Waals surface area contributed by atoms with E-state index in [9.17, 15) is 26.3 Å². The highest BCUT2D eigenvalue weighted by Gasteiger charge is 2.75. The van der Waals surface area contributed by atoms with E-state index in [0.717, 1.165) is 48.5 Å². The number of ether oxygens (including phenoxy) is 5. The van der Waals surface area contributed by atoms with Gasteiger partial charge in [-0.3, -0.25) is 0 Å². The van der Waals surface area contributed by atoms with Gasteiger partial charge in [-0.1, -0.05) is 119 Å². The third-order valence-corrected chi connectivity index (χ3v) is 13.8. The number of phenolic OH excluding ortho intramolecular Hbond substituents is 1. The Morgan fingerprint density at radius 2 is 0.840 bits per heavy atom. The number of halogens is 10. The summed E-state index contributed by atoms with van der Waals surface area (Å²) in [5.41, 5.74) is 6.07. The van der Waals surface area contributed by atoms with Gasteiger partial charge in [-0.15, -0.1) is 0 Å². The van der Waals surface area contributed by atoms with Crippen LogP contribution in [0.25, 0.3) is 0 Å². The van der Waals surface area contributed by atoms with E-state index in [-0.39, 0.29) is 37.0 Å². The summed E-state index contributed by atoms with van der Waals surface area (Å²) in [6.07, 6.45) is -11.0. The number of benzene rings is 6. The predicted molar refractivity (Wildman–Crippen MR) is 280 cm³/mol. The van der Waals surface area contributed by atoms with Crippen molar-refractivity contribution in [3.8, 4) is 11.5 Å². The second kappa shape index (κ2) is 26.6. The first-order valence-electron chi connectivity index (χ1n) is 23.7. The molecule has 4 unspecified atom stereocenters. The number of hydrogen-bond donors (Lipinski definition) is 2. The van der Waals surface area contributed by atoms with Gasteiger partial charge in [0.1, 0.15) is 30.3 Å². The maximum atomic E-state index is 13.1. The van der Waals surface area contributed by atoms with Gasteiger partial charge in [-0.2, -0.15) is 26.3 Å². The van der Waals surface area contributed by atoms with Crippen molar-refractivity contribution in [2.75, 3.05) is 67.7 Å². The molecule has 8 rings (SSSR count). The number of rotatable bonds is 20. The molecule has 2 N–H and O–H groups in total. The van der Waals surface area contributed by atoms with Crippen molar-refractivity contribution in [3.63, 3.8) is 0 Å². The van der Waals surface area contributed by atoms with Gasteiger partial charge in [-0.25, -0.2) is 0 Å². The summed E-state index contributed by atoms with van der Waals surface area (Å²) in [6, 6.07) is 44.5. The lowest BCUT2D eigenvalue weighted by molar-refractivity contribution is -0.263. The number of alkyl halides is 6. The average Bonchev–Trinajstić information content (AvgIpc) is 4.30. The first kappa shape index (κ1) is 59.6. The largest absolute Gasteiger partial charge is 0.508 e. The van der Waals surface area contributed by atoms with Crippen molar-refractivity contribution in [2.24, 2.45) is 0 Å². The summed E-state index contributed by atoms with van der Waals surface area (Å²) < 4.78 is 102. The maximum absolute atomic E-state index is 13.1. The Kier molecular flexibility index (Phi) is 21.2. The van der Waals surface area contributed by atoms with Crippen LogP contribution in [0.5, 0.6) is 11.5 Å². The Hall–Kier alpha value is -4.62. The quantitative estimate of drug-likeness (QED) is 0.0572. The third kappa shape index (κ3) is 16.4. The van der Waals surface area contributed by atoms with E-state index in [0.29, 0.717) is 46.6 Å². The fourth-order valence-corrected chi connectivity index (χ4v) is 8.96. The minimum Gasteiger partial charge on any atom is -0.508 e. The molecule has 0 spiro atoms. The molecule has 2 heterocycles. The van der Waals surface area contributed by atoms with Gasteiger partial charge >= 0.3 is 12.4 Å². The van der Waals surface area contributed by atoms with Crippen LogP contribution >= 0.6 is 46.4 Å². The number of nitrogens with zero attached hydrogens (tertiary/aromatic N) is 2. The molecule has 0 aromatic heterocycles. The van der Waals surface area contributed by atoms with Gasteiger partial charge in [-0.05, 0) is 120 Å². The molecular weight excluding hydrogens is 1070 g/mol. The maximum Gasteiger partial charge on any atom is 0.446 e. The normalized spacial score (nSPS) is 19.1. The summed E-state index contributed by atoms with van der Waals surface area (Å²) in [5, 5.41) is 21.0. The molecular formula is C56H58Cl4F6N2O7. The molecule has 2 aliphatic rings. The van der Waals surface area contributed by atoms with Crippen LogP contribution in [-0.4, -0.2) is 124 Å². The SMILES string of the molecule is CN(CCO)CC(c1ccc(Cl)cc1)c1ccc(Cl)cc1.COC1(C(F)(F)F)OC1Cc1ccc(O)cc1.COC1(C(F)(F)F)OC1Cc1ccc(OCCN(C)CC(c2ccc(Cl)cc2)c2ccc(Cl)cc2)cc1. The van der Waals surface area contributed by atoms with Crippen LogP contribution in [0.2, 0.25) is 20.1 Å². The molecule has 0 bridgehead atoms. The summed E-state index contributed by atoms with van der Waals surface area (Å²) in [5.74, 6) is -3.91. The van der Waals surface area contributed by atoms with Crippen LogP contribution in [-0.2, 0) is 31.8 Å². The molecule has 0 saturated carbocycles. The third-order valence-electron chi connectivity index (χ3n) is 12.8. The van der Waals surface area contributed by atoms with E-state index in [1.807, 2.05) is 111 Å². The van der Waals surface area contributed by atoms with Crippen molar-refractivity contribution in [1.82, 2.24) is 9.80 Å². The van der Waals surface area contributed by atoms with E-state index in [4.69, 9.17) is 66.1 Å². The number of aliphatic hydroxyl groups is 1. The molecule has 2 saturated heterocycles. The van der Waals surface area contributed by atoms with Gasteiger partial charge in [0.15, 0.2) is 0 Å². The van der Waals surface area contributed by atoms with Crippen molar-refractivity contribution < 1.29 is 60.2 Å². The van der Waals surface area contributed by atoms with Gasteiger partial charge in [0.05, 0.1) is 6.61 Å². The second-order valence-electron chi connectivity index (χ2n) is 18.1. The first-order valence-corrected chi connectivity index (χ1v) is 25.2. The van der Waals surface area contributed by atoms with Crippen LogP contribution in [0.3, 0.4) is 0 Å². The van der Waals surface area contributed by atoms with E-state index in [2.05, 4.69) is 24.0 Å². The molecule has 4 atom stereocenters. The predicted octanol–water partition coefficient (Wildman–Crippen LogP) is 13.3. The van der Waals surface area contributed by atoms with Crippen LogP contribution in [0.4, 0.5) is 26.3 Å². The van der Waals surface area contributed by atoms with Crippen LogP contribution in [0, 0.1) is 0 Å². The number of aliphatic hydroxyl groups excluding tert-OH is 1. The Morgan fingerprint density at radius 1 is 0.520 bits per heavy atom. The van der Waals surface area contributed by atoms with E-state index >= 15 is 0 Å². The van der Waals surface area contributed by atoms with Crippen LogP contribution in [0.15, 0.2) is 146 Å². The number of likely N-dealkylation sites (N-methyl/N-ethyl adjacent to an activating group) is 2. The van der Waals surface area contributed by atoms with Crippen molar-refractivity contribution in [2.45, 2.75) is 60.8 Å². The Labute approximate surface area is 453 Å². The minimum absolute atomic E-state index is 0.0688. The van der Waals surface area contributed by atoms with Gasteiger partial charge < -0.3 is 43.7 Å². The van der Waals surface area contributed by atoms with Gasteiger partial charge in [0.25, 0.3) is 11.6 Å². The van der Waals surface area contributed by atoms with Crippen molar-refractivity contribution in [3.05, 3.63) is 199 Å². The number of phenols is 1.